The van der Waals surface area contributed by atoms with Gasteiger partial charge in [-0.1, -0.05) is 12.1 Å². The van der Waals surface area contributed by atoms with Gasteiger partial charge in [-0.05, 0) is 30.3 Å². The number of rotatable bonds is 7. The predicted molar refractivity (Wildman–Crippen MR) is 101 cm³/mol. The van der Waals surface area contributed by atoms with Crippen molar-refractivity contribution in [2.75, 3.05) is 34.0 Å². The van der Waals surface area contributed by atoms with Gasteiger partial charge in [0, 0.05) is 17.2 Å². The molecular weight excluding hydrogens is 364 g/mol. The molecule has 0 amide bonds. The second-order valence-corrected chi connectivity index (χ2v) is 5.81. The standard InChI is InChI=1S/C21H20O7/c1-24-18-5-3-4-14(21(18)25-2)7-9-20(23)28-13-16(22)15-6-8-17-19(12-15)27-11-10-26-17/h3-9,12H,10-11,13H2,1-2H3. The molecule has 0 saturated carbocycles. The lowest BCUT2D eigenvalue weighted by Crippen LogP contribution is -2.17. The summed E-state index contributed by atoms with van der Waals surface area (Å²) in [6.45, 7) is 0.526. The van der Waals surface area contributed by atoms with Crippen LogP contribution in [0.25, 0.3) is 6.08 Å². The average Bonchev–Trinajstić information content (AvgIpc) is 2.75. The van der Waals surface area contributed by atoms with E-state index in [1.807, 2.05) is 0 Å². The predicted octanol–water partition coefficient (Wildman–Crippen LogP) is 2.91. The summed E-state index contributed by atoms with van der Waals surface area (Å²) in [7, 11) is 3.04. The SMILES string of the molecule is COc1cccc(C=CC(=O)OCC(=O)c2ccc3c(c2)OCCO3)c1OC. The van der Waals surface area contributed by atoms with Gasteiger partial charge in [0.25, 0.3) is 0 Å². The van der Waals surface area contributed by atoms with Gasteiger partial charge in [0.15, 0.2) is 35.4 Å². The molecule has 3 rings (SSSR count). The largest absolute Gasteiger partial charge is 0.493 e. The van der Waals surface area contributed by atoms with Crippen molar-refractivity contribution in [3.63, 3.8) is 0 Å². The van der Waals surface area contributed by atoms with E-state index in [0.29, 0.717) is 47.3 Å². The van der Waals surface area contributed by atoms with E-state index in [0.717, 1.165) is 0 Å². The minimum atomic E-state index is -0.643. The molecule has 0 bridgehead atoms. The fourth-order valence-electron chi connectivity index (χ4n) is 2.69. The third kappa shape index (κ3) is 4.43. The molecule has 2 aromatic rings. The van der Waals surface area contributed by atoms with Crippen LogP contribution in [0.4, 0.5) is 0 Å². The van der Waals surface area contributed by atoms with E-state index in [1.165, 1.54) is 26.4 Å². The number of hydrogen-bond donors (Lipinski definition) is 0. The minimum Gasteiger partial charge on any atom is -0.493 e. The number of methoxy groups -OCH3 is 2. The van der Waals surface area contributed by atoms with E-state index in [2.05, 4.69) is 0 Å². The lowest BCUT2D eigenvalue weighted by Gasteiger charge is -2.18. The zero-order valence-corrected chi connectivity index (χ0v) is 15.6. The summed E-state index contributed by atoms with van der Waals surface area (Å²) < 4.78 is 26.4. The van der Waals surface area contributed by atoms with Crippen molar-refractivity contribution in [2.24, 2.45) is 0 Å². The van der Waals surface area contributed by atoms with Gasteiger partial charge in [0.2, 0.25) is 0 Å². The molecule has 0 atom stereocenters. The number of esters is 1. The molecule has 0 saturated heterocycles. The zero-order valence-electron chi connectivity index (χ0n) is 15.6. The highest BCUT2D eigenvalue weighted by Crippen LogP contribution is 2.32. The summed E-state index contributed by atoms with van der Waals surface area (Å²) >= 11 is 0. The third-order valence-electron chi connectivity index (χ3n) is 4.04. The molecular formula is C21H20O7. The number of carbonyl (C=O) groups excluding carboxylic acids is 2. The highest BCUT2D eigenvalue weighted by Gasteiger charge is 2.16. The Bertz CT molecular complexity index is 902. The number of benzene rings is 2. The molecule has 7 nitrogen and oxygen atoms in total. The van der Waals surface area contributed by atoms with E-state index in [9.17, 15) is 9.59 Å². The van der Waals surface area contributed by atoms with Crippen LogP contribution in [0.1, 0.15) is 15.9 Å². The van der Waals surface area contributed by atoms with Gasteiger partial charge < -0.3 is 23.7 Å². The Kier molecular flexibility index (Phi) is 6.16. The topological polar surface area (TPSA) is 80.3 Å². The Morgan fingerprint density at radius 1 is 1.04 bits per heavy atom. The first-order valence-electron chi connectivity index (χ1n) is 8.61. The van der Waals surface area contributed by atoms with E-state index in [4.69, 9.17) is 23.7 Å². The fraction of sp³-hybridized carbons (Fsp3) is 0.238. The molecule has 0 radical (unpaired) electrons. The molecule has 7 heteroatoms. The Morgan fingerprint density at radius 3 is 2.57 bits per heavy atom. The number of para-hydroxylation sites is 1. The molecule has 146 valence electrons. The van der Waals surface area contributed by atoms with Crippen LogP contribution in [0.2, 0.25) is 0 Å². The van der Waals surface area contributed by atoms with Crippen LogP contribution >= 0.6 is 0 Å². The zero-order chi connectivity index (χ0) is 19.9. The Labute approximate surface area is 162 Å². The smallest absolute Gasteiger partial charge is 0.331 e. The van der Waals surface area contributed by atoms with Crippen molar-refractivity contribution < 1.29 is 33.3 Å². The first kappa shape index (κ1) is 19.3. The molecule has 0 aliphatic carbocycles. The molecule has 0 N–H and O–H groups in total. The molecule has 0 spiro atoms. The first-order chi connectivity index (χ1) is 13.6. The Balaban J connectivity index is 1.60. The number of Topliss-reactive ketones (excluding diaryl/α,β-unsaturated/α-hetero) is 1. The van der Waals surface area contributed by atoms with Gasteiger partial charge in [-0.15, -0.1) is 0 Å². The molecule has 2 aromatic carbocycles. The lowest BCUT2D eigenvalue weighted by atomic mass is 10.1. The number of hydrogen-bond acceptors (Lipinski definition) is 7. The van der Waals surface area contributed by atoms with E-state index in [-0.39, 0.29) is 12.4 Å². The van der Waals surface area contributed by atoms with Gasteiger partial charge in [-0.2, -0.15) is 0 Å². The van der Waals surface area contributed by atoms with Crippen LogP contribution in [0.3, 0.4) is 0 Å². The summed E-state index contributed by atoms with van der Waals surface area (Å²) in [6.07, 6.45) is 2.77. The fourth-order valence-corrected chi connectivity index (χ4v) is 2.69. The van der Waals surface area contributed by atoms with E-state index in [1.54, 1.807) is 36.4 Å². The first-order valence-corrected chi connectivity index (χ1v) is 8.61. The van der Waals surface area contributed by atoms with Crippen molar-refractivity contribution in [3.8, 4) is 23.0 Å². The normalized spacial score (nSPS) is 12.5. The Hall–Kier alpha value is -3.48. The molecule has 1 aliphatic heterocycles. The summed E-state index contributed by atoms with van der Waals surface area (Å²) in [6, 6.07) is 10.2. The number of carbonyl (C=O) groups is 2. The molecule has 0 aromatic heterocycles. The van der Waals surface area contributed by atoms with Crippen LogP contribution in [0, 0.1) is 0 Å². The monoisotopic (exact) mass is 384 g/mol. The number of ether oxygens (including phenoxy) is 5. The van der Waals surface area contributed by atoms with Gasteiger partial charge in [0.05, 0.1) is 14.2 Å². The lowest BCUT2D eigenvalue weighted by molar-refractivity contribution is -0.136. The van der Waals surface area contributed by atoms with Crippen molar-refractivity contribution in [1.82, 2.24) is 0 Å². The van der Waals surface area contributed by atoms with Gasteiger partial charge >= 0.3 is 5.97 Å². The summed E-state index contributed by atoms with van der Waals surface area (Å²) in [5, 5.41) is 0. The molecule has 1 heterocycles. The minimum absolute atomic E-state index is 0.335. The van der Waals surface area contributed by atoms with Gasteiger partial charge in [-0.25, -0.2) is 4.79 Å². The van der Waals surface area contributed by atoms with Crippen molar-refractivity contribution >= 4 is 17.8 Å². The highest BCUT2D eigenvalue weighted by atomic mass is 16.6. The summed E-state index contributed by atoms with van der Waals surface area (Å²) in [5.74, 6) is 1.17. The van der Waals surface area contributed by atoms with Crippen LogP contribution in [-0.2, 0) is 9.53 Å². The van der Waals surface area contributed by atoms with Crippen molar-refractivity contribution in [3.05, 3.63) is 53.6 Å². The maximum absolute atomic E-state index is 12.3. The Morgan fingerprint density at radius 2 is 1.82 bits per heavy atom. The van der Waals surface area contributed by atoms with Gasteiger partial charge in [0.1, 0.15) is 13.2 Å². The average molecular weight is 384 g/mol. The van der Waals surface area contributed by atoms with E-state index < -0.39 is 5.97 Å². The molecule has 0 fully saturated rings. The quantitative estimate of drug-likeness (QED) is 0.412. The maximum atomic E-state index is 12.3. The van der Waals surface area contributed by atoms with Crippen molar-refractivity contribution in [1.29, 1.82) is 0 Å². The van der Waals surface area contributed by atoms with Crippen molar-refractivity contribution in [2.45, 2.75) is 0 Å². The summed E-state index contributed by atoms with van der Waals surface area (Å²) in [5.41, 5.74) is 1.03. The molecule has 28 heavy (non-hydrogen) atoms. The van der Waals surface area contributed by atoms with Crippen LogP contribution in [-0.4, -0.2) is 45.8 Å². The highest BCUT2D eigenvalue weighted by molar-refractivity contribution is 5.99. The van der Waals surface area contributed by atoms with Gasteiger partial charge in [-0.3, -0.25) is 4.79 Å². The van der Waals surface area contributed by atoms with Crippen LogP contribution < -0.4 is 18.9 Å². The summed E-state index contributed by atoms with van der Waals surface area (Å²) in [4.78, 5) is 24.2. The molecule has 1 aliphatic rings. The maximum Gasteiger partial charge on any atom is 0.331 e. The molecule has 0 unspecified atom stereocenters. The van der Waals surface area contributed by atoms with Crippen LogP contribution in [0.5, 0.6) is 23.0 Å². The second kappa shape index (κ2) is 8.94. The van der Waals surface area contributed by atoms with E-state index >= 15 is 0 Å². The second-order valence-electron chi connectivity index (χ2n) is 5.81. The number of fused-ring (bicyclic) bond motifs is 1. The number of ketones is 1. The third-order valence-corrected chi connectivity index (χ3v) is 4.04. The van der Waals surface area contributed by atoms with Crippen LogP contribution in [0.15, 0.2) is 42.5 Å².